The molecule has 0 aromatic carbocycles. The van der Waals surface area contributed by atoms with Crippen molar-refractivity contribution in [1.29, 1.82) is 0 Å². The second-order valence-electron chi connectivity index (χ2n) is 3.24. The molecule has 15 heavy (non-hydrogen) atoms. The van der Waals surface area contributed by atoms with E-state index in [1.807, 2.05) is 0 Å². The van der Waals surface area contributed by atoms with Crippen molar-refractivity contribution in [2.75, 3.05) is 11.5 Å². The number of nitrogens with one attached hydrogen (secondary N) is 1. The highest BCUT2D eigenvalue weighted by Crippen LogP contribution is 2.27. The summed E-state index contributed by atoms with van der Waals surface area (Å²) in [4.78, 5) is 0. The lowest BCUT2D eigenvalue weighted by Gasteiger charge is -2.09. The lowest BCUT2D eigenvalue weighted by Crippen LogP contribution is -2.34. The van der Waals surface area contributed by atoms with Gasteiger partial charge in [-0.25, -0.2) is 13.1 Å². The first-order valence-corrected chi connectivity index (χ1v) is 8.68. The number of hydrogen-bond donors (Lipinski definition) is 1. The highest BCUT2D eigenvalue weighted by Gasteiger charge is 2.24. The van der Waals surface area contributed by atoms with E-state index in [4.69, 9.17) is 0 Å². The summed E-state index contributed by atoms with van der Waals surface area (Å²) in [6, 6.07) is 3.47. The Labute approximate surface area is 106 Å². The van der Waals surface area contributed by atoms with Crippen LogP contribution in [-0.2, 0) is 10.0 Å². The van der Waals surface area contributed by atoms with Gasteiger partial charge in [-0.1, -0.05) is 0 Å². The Morgan fingerprint density at radius 2 is 2.27 bits per heavy atom. The number of hydrogen-bond acceptors (Lipinski definition) is 4. The van der Waals surface area contributed by atoms with Crippen LogP contribution in [0.5, 0.6) is 0 Å². The minimum absolute atomic E-state index is 0.0980. The van der Waals surface area contributed by atoms with Crippen molar-refractivity contribution in [1.82, 2.24) is 4.72 Å². The summed E-state index contributed by atoms with van der Waals surface area (Å²) in [5, 5.41) is 0. The first kappa shape index (κ1) is 11.9. The van der Waals surface area contributed by atoms with E-state index in [0.29, 0.717) is 4.21 Å². The molecule has 1 aromatic heterocycles. The van der Waals surface area contributed by atoms with Gasteiger partial charge in [0.2, 0.25) is 10.0 Å². The molecular weight excluding hydrogens is 318 g/mol. The molecule has 1 fully saturated rings. The predicted molar refractivity (Wildman–Crippen MR) is 68.1 cm³/mol. The number of sulfonamides is 1. The smallest absolute Gasteiger partial charge is 0.207 e. The van der Waals surface area contributed by atoms with E-state index in [-0.39, 0.29) is 6.04 Å². The van der Waals surface area contributed by atoms with Crippen molar-refractivity contribution in [3.63, 3.8) is 0 Å². The van der Waals surface area contributed by atoms with Crippen LogP contribution in [0.1, 0.15) is 6.42 Å². The normalized spacial score (nSPS) is 22.1. The average molecular weight is 328 g/mol. The fourth-order valence-electron chi connectivity index (χ4n) is 1.35. The third kappa shape index (κ3) is 2.97. The van der Waals surface area contributed by atoms with Crippen LogP contribution in [-0.4, -0.2) is 26.0 Å². The summed E-state index contributed by atoms with van der Waals surface area (Å²) in [6.07, 6.45) is 0.927. The summed E-state index contributed by atoms with van der Waals surface area (Å²) in [5.74, 6) is 1.92. The summed E-state index contributed by atoms with van der Waals surface area (Å²) in [7, 11) is -3.30. The minimum atomic E-state index is -3.30. The van der Waals surface area contributed by atoms with Gasteiger partial charge in [-0.15, -0.1) is 11.3 Å². The van der Waals surface area contributed by atoms with Gasteiger partial charge in [0, 0.05) is 11.8 Å². The molecular formula is C8H10BrNO2S3. The maximum atomic E-state index is 11.9. The Bertz CT molecular complexity index is 436. The largest absolute Gasteiger partial charge is 0.250 e. The quantitative estimate of drug-likeness (QED) is 0.926. The summed E-state index contributed by atoms with van der Waals surface area (Å²) < 4.78 is 27.7. The van der Waals surface area contributed by atoms with Crippen molar-refractivity contribution in [2.24, 2.45) is 0 Å². The van der Waals surface area contributed by atoms with Crippen molar-refractivity contribution >= 4 is 49.1 Å². The van der Waals surface area contributed by atoms with Crippen LogP contribution in [0, 0.1) is 0 Å². The van der Waals surface area contributed by atoms with E-state index in [9.17, 15) is 8.42 Å². The number of thioether (sulfide) groups is 1. The second kappa shape index (κ2) is 4.75. The highest BCUT2D eigenvalue weighted by molar-refractivity contribution is 9.11. The Kier molecular flexibility index (Phi) is 3.77. The summed E-state index contributed by atoms with van der Waals surface area (Å²) >= 11 is 6.29. The molecule has 1 unspecified atom stereocenters. The molecule has 2 heterocycles. The molecule has 2 rings (SSSR count). The number of thiophene rings is 1. The van der Waals surface area contributed by atoms with Crippen molar-refractivity contribution in [3.8, 4) is 0 Å². The van der Waals surface area contributed by atoms with Crippen LogP contribution < -0.4 is 4.72 Å². The maximum Gasteiger partial charge on any atom is 0.250 e. The van der Waals surface area contributed by atoms with E-state index in [0.717, 1.165) is 21.7 Å². The molecule has 7 heteroatoms. The third-order valence-electron chi connectivity index (χ3n) is 2.06. The van der Waals surface area contributed by atoms with Crippen LogP contribution >= 0.6 is 39.0 Å². The topological polar surface area (TPSA) is 46.2 Å². The van der Waals surface area contributed by atoms with Crippen LogP contribution in [0.3, 0.4) is 0 Å². The average Bonchev–Trinajstić information content (AvgIpc) is 2.75. The monoisotopic (exact) mass is 327 g/mol. The van der Waals surface area contributed by atoms with Gasteiger partial charge >= 0.3 is 0 Å². The third-order valence-corrected chi connectivity index (χ3v) is 6.86. The SMILES string of the molecule is O=S(=O)(NC1CCSC1)c1ccc(Br)s1. The van der Waals surface area contributed by atoms with Crippen LogP contribution in [0.2, 0.25) is 0 Å². The molecule has 1 aliphatic heterocycles. The van der Waals surface area contributed by atoms with Gasteiger partial charge < -0.3 is 0 Å². The zero-order valence-electron chi connectivity index (χ0n) is 7.77. The molecule has 1 N–H and O–H groups in total. The molecule has 84 valence electrons. The van der Waals surface area contributed by atoms with Crippen molar-refractivity contribution in [3.05, 3.63) is 15.9 Å². The summed E-state index contributed by atoms with van der Waals surface area (Å²) in [5.41, 5.74) is 0. The molecule has 3 nitrogen and oxygen atoms in total. The first-order chi connectivity index (χ1) is 7.08. The molecule has 1 aliphatic rings. The van der Waals surface area contributed by atoms with E-state index in [2.05, 4.69) is 20.7 Å². The van der Waals surface area contributed by atoms with Gasteiger partial charge in [0.15, 0.2) is 0 Å². The number of halogens is 1. The zero-order valence-corrected chi connectivity index (χ0v) is 11.8. The Morgan fingerprint density at radius 3 is 2.80 bits per heavy atom. The zero-order chi connectivity index (χ0) is 10.9. The molecule has 0 aliphatic carbocycles. The Balaban J connectivity index is 2.12. The molecule has 0 bridgehead atoms. The molecule has 0 spiro atoms. The van der Waals surface area contributed by atoms with Crippen molar-refractivity contribution < 1.29 is 8.42 Å². The Hall–Kier alpha value is 0.440. The standard InChI is InChI=1S/C8H10BrNO2S3/c9-7-1-2-8(14-7)15(11,12)10-6-3-4-13-5-6/h1-2,6,10H,3-5H2. The van der Waals surface area contributed by atoms with E-state index >= 15 is 0 Å². The molecule has 0 radical (unpaired) electrons. The maximum absolute atomic E-state index is 11.9. The second-order valence-corrected chi connectivity index (χ2v) is 8.79. The van der Waals surface area contributed by atoms with E-state index in [1.54, 1.807) is 23.9 Å². The molecule has 1 aromatic rings. The molecule has 0 saturated carbocycles. The minimum Gasteiger partial charge on any atom is -0.207 e. The van der Waals surface area contributed by atoms with Crippen LogP contribution in [0.4, 0.5) is 0 Å². The van der Waals surface area contributed by atoms with Gasteiger partial charge in [0.25, 0.3) is 0 Å². The van der Waals surface area contributed by atoms with Gasteiger partial charge in [0.1, 0.15) is 4.21 Å². The van der Waals surface area contributed by atoms with Crippen molar-refractivity contribution in [2.45, 2.75) is 16.7 Å². The van der Waals surface area contributed by atoms with Gasteiger partial charge in [-0.2, -0.15) is 11.8 Å². The fourth-order valence-corrected chi connectivity index (χ4v) is 5.90. The van der Waals surface area contributed by atoms with E-state index < -0.39 is 10.0 Å². The molecule has 0 amide bonds. The van der Waals surface area contributed by atoms with Crippen LogP contribution in [0.15, 0.2) is 20.1 Å². The van der Waals surface area contributed by atoms with Gasteiger partial charge in [-0.05, 0) is 40.2 Å². The lowest BCUT2D eigenvalue weighted by molar-refractivity contribution is 0.565. The molecule has 1 atom stereocenters. The molecule has 1 saturated heterocycles. The predicted octanol–water partition coefficient (Wildman–Crippen LogP) is 2.29. The first-order valence-electron chi connectivity index (χ1n) is 4.43. The summed E-state index contributed by atoms with van der Waals surface area (Å²) in [6.45, 7) is 0. The number of rotatable bonds is 3. The lowest BCUT2D eigenvalue weighted by atomic mass is 10.3. The van der Waals surface area contributed by atoms with Crippen LogP contribution in [0.25, 0.3) is 0 Å². The Morgan fingerprint density at radius 1 is 1.47 bits per heavy atom. The van der Waals surface area contributed by atoms with Gasteiger partial charge in [-0.3, -0.25) is 0 Å². The fraction of sp³-hybridized carbons (Fsp3) is 0.500. The highest BCUT2D eigenvalue weighted by atomic mass is 79.9. The van der Waals surface area contributed by atoms with E-state index in [1.165, 1.54) is 11.3 Å². The van der Waals surface area contributed by atoms with Gasteiger partial charge in [0.05, 0.1) is 3.79 Å².